The van der Waals surface area contributed by atoms with E-state index in [2.05, 4.69) is 23.5 Å². The molecule has 0 amide bonds. The van der Waals surface area contributed by atoms with E-state index >= 15 is 0 Å². The molecule has 0 radical (unpaired) electrons. The summed E-state index contributed by atoms with van der Waals surface area (Å²) < 4.78 is 52.3. The van der Waals surface area contributed by atoms with Crippen LogP contribution in [-0.4, -0.2) is 39.5 Å². The summed E-state index contributed by atoms with van der Waals surface area (Å²) >= 11 is 0. The normalized spacial score (nSPS) is 12.3. The molecule has 0 saturated carbocycles. The summed E-state index contributed by atoms with van der Waals surface area (Å²) in [5, 5.41) is 0. The van der Waals surface area contributed by atoms with Crippen LogP contribution in [0.1, 0.15) is 26.7 Å². The van der Waals surface area contributed by atoms with Gasteiger partial charge >= 0.3 is 0 Å². The lowest BCUT2D eigenvalue weighted by Crippen LogP contribution is -2.29. The second-order valence-corrected chi connectivity index (χ2v) is 6.99. The second kappa shape index (κ2) is 7.82. The van der Waals surface area contributed by atoms with Crippen molar-refractivity contribution >= 4 is 10.0 Å². The SMILES string of the molecule is CC(C)N(C)CCCCNS(=O)(=O)c1ccc(F)cc1F. The van der Waals surface area contributed by atoms with E-state index in [4.69, 9.17) is 0 Å². The van der Waals surface area contributed by atoms with Gasteiger partial charge in [-0.05, 0) is 52.4 Å². The molecule has 1 aromatic rings. The highest BCUT2D eigenvalue weighted by molar-refractivity contribution is 7.89. The molecule has 0 saturated heterocycles. The number of halogens is 2. The first-order valence-corrected chi connectivity index (χ1v) is 8.37. The molecule has 0 unspecified atom stereocenters. The van der Waals surface area contributed by atoms with Crippen molar-refractivity contribution in [1.82, 2.24) is 9.62 Å². The zero-order chi connectivity index (χ0) is 16.0. The standard InChI is InChI=1S/C14H22F2N2O2S/c1-11(2)18(3)9-5-4-8-17-21(19,20)14-7-6-12(15)10-13(14)16/h6-7,10-11,17H,4-5,8-9H2,1-3H3. The lowest BCUT2D eigenvalue weighted by atomic mass is 10.2. The first-order valence-electron chi connectivity index (χ1n) is 6.89. The van der Waals surface area contributed by atoms with Crippen LogP contribution in [0.3, 0.4) is 0 Å². The van der Waals surface area contributed by atoms with E-state index in [1.165, 1.54) is 0 Å². The molecule has 1 rings (SSSR count). The van der Waals surface area contributed by atoms with Gasteiger partial charge in [-0.3, -0.25) is 0 Å². The molecular formula is C14H22F2N2O2S. The fourth-order valence-corrected chi connectivity index (χ4v) is 2.85. The highest BCUT2D eigenvalue weighted by Gasteiger charge is 2.18. The molecule has 0 aliphatic rings. The predicted molar refractivity (Wildman–Crippen MR) is 78.5 cm³/mol. The van der Waals surface area contributed by atoms with E-state index in [1.54, 1.807) is 0 Å². The van der Waals surface area contributed by atoms with Gasteiger partial charge in [-0.1, -0.05) is 0 Å². The minimum atomic E-state index is -3.93. The Hall–Kier alpha value is -1.05. The maximum Gasteiger partial charge on any atom is 0.243 e. The van der Waals surface area contributed by atoms with E-state index in [1.807, 2.05) is 7.05 Å². The van der Waals surface area contributed by atoms with Gasteiger partial charge in [0, 0.05) is 18.7 Å². The van der Waals surface area contributed by atoms with Gasteiger partial charge in [-0.25, -0.2) is 21.9 Å². The van der Waals surface area contributed by atoms with E-state index in [9.17, 15) is 17.2 Å². The Morgan fingerprint density at radius 3 is 2.48 bits per heavy atom. The smallest absolute Gasteiger partial charge is 0.243 e. The maximum absolute atomic E-state index is 13.5. The van der Waals surface area contributed by atoms with Crippen LogP contribution in [0.2, 0.25) is 0 Å². The van der Waals surface area contributed by atoms with E-state index in [0.29, 0.717) is 18.5 Å². The molecular weight excluding hydrogens is 298 g/mol. The molecule has 7 heteroatoms. The Balaban J connectivity index is 2.47. The minimum absolute atomic E-state index is 0.227. The van der Waals surface area contributed by atoms with Gasteiger partial charge in [0.05, 0.1) is 0 Å². The zero-order valence-electron chi connectivity index (χ0n) is 12.6. The lowest BCUT2D eigenvalue weighted by molar-refractivity contribution is 0.268. The molecule has 0 atom stereocenters. The van der Waals surface area contributed by atoms with Gasteiger partial charge in [-0.2, -0.15) is 0 Å². The molecule has 0 heterocycles. The third-order valence-corrected chi connectivity index (χ3v) is 4.79. The van der Waals surface area contributed by atoms with Gasteiger partial charge in [0.1, 0.15) is 16.5 Å². The van der Waals surface area contributed by atoms with Gasteiger partial charge in [-0.15, -0.1) is 0 Å². The highest BCUT2D eigenvalue weighted by Crippen LogP contribution is 2.15. The van der Waals surface area contributed by atoms with Crippen LogP contribution in [0, 0.1) is 11.6 Å². The van der Waals surface area contributed by atoms with Crippen molar-refractivity contribution in [3.63, 3.8) is 0 Å². The number of hydrogen-bond acceptors (Lipinski definition) is 3. The molecule has 0 aliphatic carbocycles. The summed E-state index contributed by atoms with van der Waals surface area (Å²) in [6.07, 6.45) is 1.49. The van der Waals surface area contributed by atoms with Crippen LogP contribution in [0.15, 0.2) is 23.1 Å². The molecule has 0 bridgehead atoms. The molecule has 120 valence electrons. The fourth-order valence-electron chi connectivity index (χ4n) is 1.72. The monoisotopic (exact) mass is 320 g/mol. The summed E-state index contributed by atoms with van der Waals surface area (Å²) in [6, 6.07) is 2.86. The summed E-state index contributed by atoms with van der Waals surface area (Å²) in [6.45, 7) is 5.26. The van der Waals surface area contributed by atoms with Gasteiger partial charge < -0.3 is 4.90 Å². The third kappa shape index (κ3) is 5.68. The number of sulfonamides is 1. The fraction of sp³-hybridized carbons (Fsp3) is 0.571. The molecule has 21 heavy (non-hydrogen) atoms. The molecule has 0 aliphatic heterocycles. The van der Waals surface area contributed by atoms with Crippen molar-refractivity contribution in [3.8, 4) is 0 Å². The van der Waals surface area contributed by atoms with E-state index < -0.39 is 26.6 Å². The Morgan fingerprint density at radius 1 is 1.24 bits per heavy atom. The molecule has 4 nitrogen and oxygen atoms in total. The van der Waals surface area contributed by atoms with E-state index in [0.717, 1.165) is 25.1 Å². The summed E-state index contributed by atoms with van der Waals surface area (Å²) in [7, 11) is -1.93. The lowest BCUT2D eigenvalue weighted by Gasteiger charge is -2.20. The van der Waals surface area contributed by atoms with Crippen LogP contribution in [0.25, 0.3) is 0 Å². The van der Waals surface area contributed by atoms with E-state index in [-0.39, 0.29) is 6.54 Å². The zero-order valence-corrected chi connectivity index (χ0v) is 13.4. The second-order valence-electron chi connectivity index (χ2n) is 5.25. The number of nitrogens with one attached hydrogen (secondary N) is 1. The van der Waals surface area contributed by atoms with Crippen LogP contribution >= 0.6 is 0 Å². The molecule has 0 spiro atoms. The Morgan fingerprint density at radius 2 is 1.90 bits per heavy atom. The number of nitrogens with zero attached hydrogens (tertiary/aromatic N) is 1. The van der Waals surface area contributed by atoms with Gasteiger partial charge in [0.25, 0.3) is 0 Å². The summed E-state index contributed by atoms with van der Waals surface area (Å²) in [5.41, 5.74) is 0. The van der Waals surface area contributed by atoms with Crippen molar-refractivity contribution in [3.05, 3.63) is 29.8 Å². The van der Waals surface area contributed by atoms with Crippen molar-refractivity contribution in [2.24, 2.45) is 0 Å². The number of benzene rings is 1. The van der Waals surface area contributed by atoms with Crippen molar-refractivity contribution in [2.75, 3.05) is 20.1 Å². The highest BCUT2D eigenvalue weighted by atomic mass is 32.2. The van der Waals surface area contributed by atoms with Crippen LogP contribution in [0.5, 0.6) is 0 Å². The summed E-state index contributed by atoms with van der Waals surface area (Å²) in [4.78, 5) is 1.64. The molecule has 0 fully saturated rings. The molecule has 1 aromatic carbocycles. The molecule has 0 aromatic heterocycles. The van der Waals surface area contributed by atoms with Crippen LogP contribution in [-0.2, 0) is 10.0 Å². The average Bonchev–Trinajstić information content (AvgIpc) is 2.37. The van der Waals surface area contributed by atoms with Crippen molar-refractivity contribution in [2.45, 2.75) is 37.6 Å². The van der Waals surface area contributed by atoms with Crippen molar-refractivity contribution < 1.29 is 17.2 Å². The Labute approximate surface area is 125 Å². The quantitative estimate of drug-likeness (QED) is 0.748. The summed E-state index contributed by atoms with van der Waals surface area (Å²) in [5.74, 6) is -1.88. The van der Waals surface area contributed by atoms with Crippen LogP contribution in [0.4, 0.5) is 8.78 Å². The average molecular weight is 320 g/mol. The predicted octanol–water partition coefficient (Wildman–Crippen LogP) is 2.36. The first-order chi connectivity index (χ1) is 9.74. The van der Waals surface area contributed by atoms with Crippen LogP contribution < -0.4 is 4.72 Å². The first kappa shape index (κ1) is 18.0. The largest absolute Gasteiger partial charge is 0.304 e. The van der Waals surface area contributed by atoms with Gasteiger partial charge in [0.2, 0.25) is 10.0 Å². The number of rotatable bonds is 8. The third-order valence-electron chi connectivity index (χ3n) is 3.29. The Kier molecular flexibility index (Phi) is 6.70. The van der Waals surface area contributed by atoms with Crippen molar-refractivity contribution in [1.29, 1.82) is 0 Å². The maximum atomic E-state index is 13.5. The Bertz CT molecular complexity index is 562. The molecule has 1 N–H and O–H groups in total. The minimum Gasteiger partial charge on any atom is -0.304 e. The number of hydrogen-bond donors (Lipinski definition) is 1. The van der Waals surface area contributed by atoms with Gasteiger partial charge in [0.15, 0.2) is 0 Å². The topological polar surface area (TPSA) is 49.4 Å². The number of unbranched alkanes of at least 4 members (excludes halogenated alkanes) is 1.